The molecule has 0 aliphatic carbocycles. The first-order chi connectivity index (χ1) is 16.8. The van der Waals surface area contributed by atoms with Crippen LogP contribution in [0.5, 0.6) is 5.88 Å². The topological polar surface area (TPSA) is 137 Å². The van der Waals surface area contributed by atoms with E-state index >= 15 is 0 Å². The van der Waals surface area contributed by atoms with Gasteiger partial charge < -0.3 is 30.0 Å². The summed E-state index contributed by atoms with van der Waals surface area (Å²) in [6.07, 6.45) is 1.44. The number of rotatable bonds is 5. The monoisotopic (exact) mass is 480 g/mol. The second kappa shape index (κ2) is 10.3. The molecule has 4 rings (SSSR count). The van der Waals surface area contributed by atoms with Crippen molar-refractivity contribution in [3.63, 3.8) is 0 Å². The van der Waals surface area contributed by atoms with E-state index in [2.05, 4.69) is 21.8 Å². The molecule has 184 valence electrons. The van der Waals surface area contributed by atoms with E-state index in [-0.39, 0.29) is 42.2 Å². The Morgan fingerprint density at radius 1 is 1.34 bits per heavy atom. The van der Waals surface area contributed by atoms with Crippen LogP contribution in [0.4, 0.5) is 5.69 Å². The number of amides is 1. The van der Waals surface area contributed by atoms with Crippen LogP contribution in [0.2, 0.25) is 0 Å². The lowest BCUT2D eigenvalue weighted by molar-refractivity contribution is -0.137. The van der Waals surface area contributed by atoms with Crippen LogP contribution >= 0.6 is 0 Å². The number of benzene rings is 1. The van der Waals surface area contributed by atoms with Crippen molar-refractivity contribution in [3.05, 3.63) is 35.5 Å². The lowest BCUT2D eigenvalue weighted by Gasteiger charge is -2.23. The third-order valence-electron chi connectivity index (χ3n) is 5.87. The molecule has 1 atom stereocenters. The molecule has 1 amide bonds. The van der Waals surface area contributed by atoms with Crippen LogP contribution in [0, 0.1) is 11.8 Å². The van der Waals surface area contributed by atoms with Gasteiger partial charge in [-0.05, 0) is 19.1 Å². The van der Waals surface area contributed by atoms with Crippen molar-refractivity contribution in [3.8, 4) is 29.1 Å². The highest BCUT2D eigenvalue weighted by molar-refractivity contribution is 5.94. The molecule has 2 aliphatic rings. The van der Waals surface area contributed by atoms with Gasteiger partial charge in [-0.25, -0.2) is 9.78 Å². The Labute approximate surface area is 203 Å². The lowest BCUT2D eigenvalue weighted by Crippen LogP contribution is -2.37. The van der Waals surface area contributed by atoms with Gasteiger partial charge in [0.25, 0.3) is 5.91 Å². The van der Waals surface area contributed by atoms with Crippen LogP contribution in [-0.4, -0.2) is 77.0 Å². The number of hydrogen-bond acceptors (Lipinski definition) is 9. The fraction of sp³-hybridized carbons (Fsp3) is 0.440. The molecule has 35 heavy (non-hydrogen) atoms. The number of anilines is 1. The molecule has 1 unspecified atom stereocenters. The van der Waals surface area contributed by atoms with E-state index in [0.29, 0.717) is 43.7 Å². The zero-order valence-corrected chi connectivity index (χ0v) is 19.7. The van der Waals surface area contributed by atoms with Crippen molar-refractivity contribution in [1.82, 2.24) is 14.9 Å². The number of nitrogens with two attached hydrogens (primary N) is 1. The Morgan fingerprint density at radius 3 is 2.80 bits per heavy atom. The van der Waals surface area contributed by atoms with Gasteiger partial charge in [-0.3, -0.25) is 4.79 Å². The van der Waals surface area contributed by atoms with Crippen LogP contribution in [0.25, 0.3) is 11.4 Å². The van der Waals surface area contributed by atoms with Crippen molar-refractivity contribution in [2.24, 2.45) is 0 Å². The molecule has 0 bridgehead atoms. The number of aromatic nitrogens is 2. The number of carbonyl (C=O) groups excluding carboxylic acids is 2. The average molecular weight is 481 g/mol. The van der Waals surface area contributed by atoms with E-state index in [1.807, 2.05) is 0 Å². The fourth-order valence-corrected chi connectivity index (χ4v) is 3.86. The van der Waals surface area contributed by atoms with Crippen molar-refractivity contribution in [2.45, 2.75) is 37.9 Å². The third-order valence-corrected chi connectivity index (χ3v) is 5.87. The summed E-state index contributed by atoms with van der Waals surface area (Å²) < 4.78 is 16.5. The average Bonchev–Trinajstić information content (AvgIpc) is 3.12. The number of carbonyl (C=O) groups is 2. The molecular formula is C25H28N4O6. The predicted molar refractivity (Wildman–Crippen MR) is 126 cm³/mol. The van der Waals surface area contributed by atoms with Gasteiger partial charge in [0.1, 0.15) is 11.8 Å². The first-order valence-electron chi connectivity index (χ1n) is 11.5. The highest BCUT2D eigenvalue weighted by Crippen LogP contribution is 2.29. The minimum Gasteiger partial charge on any atom is -0.473 e. The summed E-state index contributed by atoms with van der Waals surface area (Å²) in [4.78, 5) is 35.0. The molecule has 0 spiro atoms. The molecule has 1 aromatic heterocycles. The van der Waals surface area contributed by atoms with Crippen molar-refractivity contribution in [2.75, 3.05) is 39.1 Å². The second-order valence-electron chi connectivity index (χ2n) is 8.43. The SMILES string of the molecule is CCOC(=O)c1nc(-c2cccc(C#CC3(O)CCN(C)C3=O)c2)nc(OC2CCOCC2)c1N. The Balaban J connectivity index is 1.69. The molecule has 0 saturated carbocycles. The van der Waals surface area contributed by atoms with Crippen molar-refractivity contribution in [1.29, 1.82) is 0 Å². The first kappa shape index (κ1) is 24.4. The number of nitrogens with zero attached hydrogens (tertiary/aromatic N) is 3. The van der Waals surface area contributed by atoms with Gasteiger partial charge in [0, 0.05) is 44.0 Å². The van der Waals surface area contributed by atoms with Gasteiger partial charge >= 0.3 is 5.97 Å². The van der Waals surface area contributed by atoms with E-state index in [4.69, 9.17) is 19.9 Å². The largest absolute Gasteiger partial charge is 0.473 e. The van der Waals surface area contributed by atoms with E-state index < -0.39 is 17.5 Å². The predicted octanol–water partition coefficient (Wildman–Crippen LogP) is 1.41. The van der Waals surface area contributed by atoms with Crippen LogP contribution in [0.3, 0.4) is 0 Å². The van der Waals surface area contributed by atoms with Gasteiger partial charge in [-0.2, -0.15) is 4.98 Å². The zero-order valence-electron chi connectivity index (χ0n) is 19.7. The summed E-state index contributed by atoms with van der Waals surface area (Å²) in [7, 11) is 1.63. The molecule has 2 aromatic rings. The number of aliphatic hydroxyl groups is 1. The molecule has 3 heterocycles. The normalized spacial score (nSPS) is 20.3. The molecule has 1 aromatic carbocycles. The van der Waals surface area contributed by atoms with Crippen LogP contribution < -0.4 is 10.5 Å². The molecule has 10 heteroatoms. The molecule has 2 fully saturated rings. The number of ether oxygens (including phenoxy) is 3. The minimum atomic E-state index is -1.70. The summed E-state index contributed by atoms with van der Waals surface area (Å²) >= 11 is 0. The zero-order chi connectivity index (χ0) is 25.0. The van der Waals surface area contributed by atoms with Crippen molar-refractivity contribution >= 4 is 17.6 Å². The van der Waals surface area contributed by atoms with Gasteiger partial charge in [0.15, 0.2) is 11.5 Å². The lowest BCUT2D eigenvalue weighted by atomic mass is 10.0. The van der Waals surface area contributed by atoms with E-state index in [1.165, 1.54) is 4.90 Å². The second-order valence-corrected chi connectivity index (χ2v) is 8.43. The maximum atomic E-state index is 12.5. The molecule has 2 saturated heterocycles. The molecule has 3 N–H and O–H groups in total. The van der Waals surface area contributed by atoms with E-state index in [0.717, 1.165) is 0 Å². The number of nitrogen functional groups attached to an aromatic ring is 1. The smallest absolute Gasteiger partial charge is 0.359 e. The third kappa shape index (κ3) is 5.37. The van der Waals surface area contributed by atoms with Gasteiger partial charge in [-0.15, -0.1) is 0 Å². The standard InChI is InChI=1S/C25H28N4O6/c1-3-34-23(30)20-19(26)22(35-18-8-13-33-14-9-18)28-21(27-20)17-6-4-5-16(15-17)7-10-25(32)11-12-29(2)24(25)31/h4-6,15,18,32H,3,8-9,11-14,26H2,1-2H3. The van der Waals surface area contributed by atoms with Gasteiger partial charge in [0.2, 0.25) is 11.5 Å². The summed E-state index contributed by atoms with van der Waals surface area (Å²) in [5, 5.41) is 10.6. The Bertz CT molecular complexity index is 1180. The summed E-state index contributed by atoms with van der Waals surface area (Å²) in [5.41, 5.74) is 5.53. The van der Waals surface area contributed by atoms with Crippen LogP contribution in [-0.2, 0) is 14.3 Å². The summed E-state index contributed by atoms with van der Waals surface area (Å²) in [5.74, 6) is 4.80. The molecule has 2 aliphatic heterocycles. The number of hydrogen-bond donors (Lipinski definition) is 2. The van der Waals surface area contributed by atoms with Crippen LogP contribution in [0.15, 0.2) is 24.3 Å². The molecule has 10 nitrogen and oxygen atoms in total. The molecular weight excluding hydrogens is 452 g/mol. The maximum absolute atomic E-state index is 12.5. The molecule has 0 radical (unpaired) electrons. The van der Waals surface area contributed by atoms with Crippen LogP contribution in [0.1, 0.15) is 42.2 Å². The van der Waals surface area contributed by atoms with E-state index in [9.17, 15) is 14.7 Å². The minimum absolute atomic E-state index is 0.0146. The Morgan fingerprint density at radius 2 is 2.11 bits per heavy atom. The van der Waals surface area contributed by atoms with Gasteiger partial charge in [0.05, 0.1) is 19.8 Å². The van der Waals surface area contributed by atoms with Crippen molar-refractivity contribution < 1.29 is 28.9 Å². The van der Waals surface area contributed by atoms with E-state index in [1.54, 1.807) is 38.2 Å². The summed E-state index contributed by atoms with van der Waals surface area (Å²) in [6.45, 7) is 3.43. The Kier molecular flexibility index (Phi) is 7.19. The Hall–Kier alpha value is -3.68. The summed E-state index contributed by atoms with van der Waals surface area (Å²) in [6, 6.07) is 6.95. The number of esters is 1. The number of likely N-dealkylation sites (N-methyl/N-ethyl adjacent to an activating group) is 1. The fourth-order valence-electron chi connectivity index (χ4n) is 3.86. The maximum Gasteiger partial charge on any atom is 0.359 e. The highest BCUT2D eigenvalue weighted by Gasteiger charge is 2.42. The quantitative estimate of drug-likeness (QED) is 0.480. The van der Waals surface area contributed by atoms with Gasteiger partial charge in [-0.1, -0.05) is 24.0 Å². The number of likely N-dealkylation sites (tertiary alicyclic amines) is 1. The highest BCUT2D eigenvalue weighted by atomic mass is 16.5. The first-order valence-corrected chi connectivity index (χ1v) is 11.5.